The van der Waals surface area contributed by atoms with E-state index in [1.807, 2.05) is 0 Å². The Kier molecular flexibility index (Phi) is 4.51. The standard InChI is InChI=1S/C9H15NO5/c11-6(9(13)14)3-4-10-8(12)7-2-1-5-15-7/h6-7,11H,1-5H2,(H,10,12)(H,13,14)/t6-,7?/m0/s1. The highest BCUT2D eigenvalue weighted by Gasteiger charge is 2.23. The number of hydrogen-bond acceptors (Lipinski definition) is 4. The van der Waals surface area contributed by atoms with Crippen LogP contribution in [0.3, 0.4) is 0 Å². The van der Waals surface area contributed by atoms with Gasteiger partial charge in [-0.15, -0.1) is 0 Å². The molecule has 1 fully saturated rings. The lowest BCUT2D eigenvalue weighted by molar-refractivity contribution is -0.147. The van der Waals surface area contributed by atoms with Crippen molar-refractivity contribution in [1.29, 1.82) is 0 Å². The number of aliphatic carboxylic acids is 1. The van der Waals surface area contributed by atoms with Crippen molar-refractivity contribution >= 4 is 11.9 Å². The molecule has 0 bridgehead atoms. The highest BCUT2D eigenvalue weighted by atomic mass is 16.5. The predicted molar refractivity (Wildman–Crippen MR) is 50.2 cm³/mol. The smallest absolute Gasteiger partial charge is 0.332 e. The molecule has 0 radical (unpaired) electrons. The number of aliphatic hydroxyl groups excluding tert-OH is 1. The van der Waals surface area contributed by atoms with Gasteiger partial charge in [0.2, 0.25) is 5.91 Å². The Morgan fingerprint density at radius 1 is 1.53 bits per heavy atom. The third kappa shape index (κ3) is 3.85. The molecule has 1 heterocycles. The van der Waals surface area contributed by atoms with Crippen LogP contribution in [-0.2, 0) is 14.3 Å². The van der Waals surface area contributed by atoms with Gasteiger partial charge in [-0.1, -0.05) is 0 Å². The summed E-state index contributed by atoms with van der Waals surface area (Å²) in [5.74, 6) is -1.51. The molecule has 1 aliphatic rings. The van der Waals surface area contributed by atoms with Gasteiger partial charge < -0.3 is 20.3 Å². The highest BCUT2D eigenvalue weighted by Crippen LogP contribution is 2.11. The Bertz CT molecular complexity index is 237. The maximum atomic E-state index is 11.3. The van der Waals surface area contributed by atoms with Crippen molar-refractivity contribution in [2.45, 2.75) is 31.5 Å². The van der Waals surface area contributed by atoms with Crippen LogP contribution in [0.1, 0.15) is 19.3 Å². The molecule has 0 aromatic heterocycles. The minimum atomic E-state index is -1.42. The van der Waals surface area contributed by atoms with Gasteiger partial charge in [-0.3, -0.25) is 4.79 Å². The van der Waals surface area contributed by atoms with Crippen LogP contribution >= 0.6 is 0 Å². The predicted octanol–water partition coefficient (Wildman–Crippen LogP) is -0.883. The van der Waals surface area contributed by atoms with Crippen molar-refractivity contribution in [2.24, 2.45) is 0 Å². The van der Waals surface area contributed by atoms with Gasteiger partial charge in [-0.25, -0.2) is 4.79 Å². The second-order valence-electron chi connectivity index (χ2n) is 3.44. The quantitative estimate of drug-likeness (QED) is 0.555. The number of ether oxygens (including phenoxy) is 1. The van der Waals surface area contributed by atoms with Crippen LogP contribution in [0.4, 0.5) is 0 Å². The monoisotopic (exact) mass is 217 g/mol. The average molecular weight is 217 g/mol. The van der Waals surface area contributed by atoms with E-state index >= 15 is 0 Å². The summed E-state index contributed by atoms with van der Waals surface area (Å²) < 4.78 is 5.13. The summed E-state index contributed by atoms with van der Waals surface area (Å²) in [7, 11) is 0. The van der Waals surface area contributed by atoms with Gasteiger partial charge >= 0.3 is 5.97 Å². The first kappa shape index (κ1) is 11.9. The van der Waals surface area contributed by atoms with Crippen LogP contribution in [0.25, 0.3) is 0 Å². The topological polar surface area (TPSA) is 95.9 Å². The van der Waals surface area contributed by atoms with Crippen LogP contribution in [0.5, 0.6) is 0 Å². The van der Waals surface area contributed by atoms with E-state index in [0.29, 0.717) is 13.0 Å². The molecule has 1 saturated heterocycles. The van der Waals surface area contributed by atoms with Gasteiger partial charge in [0.15, 0.2) is 6.10 Å². The summed E-state index contributed by atoms with van der Waals surface area (Å²) >= 11 is 0. The molecule has 2 atom stereocenters. The molecule has 0 aromatic rings. The molecule has 6 heteroatoms. The van der Waals surface area contributed by atoms with E-state index < -0.39 is 18.2 Å². The third-order valence-electron chi connectivity index (χ3n) is 2.22. The van der Waals surface area contributed by atoms with Crippen molar-refractivity contribution in [2.75, 3.05) is 13.2 Å². The number of amides is 1. The molecule has 1 rings (SSSR count). The zero-order valence-corrected chi connectivity index (χ0v) is 8.31. The zero-order valence-electron chi connectivity index (χ0n) is 8.31. The Hall–Kier alpha value is -1.14. The first-order chi connectivity index (χ1) is 7.11. The summed E-state index contributed by atoms with van der Waals surface area (Å²) in [5, 5.41) is 19.8. The summed E-state index contributed by atoms with van der Waals surface area (Å²) in [4.78, 5) is 21.6. The van der Waals surface area contributed by atoms with E-state index in [-0.39, 0.29) is 18.9 Å². The molecule has 3 N–H and O–H groups in total. The first-order valence-electron chi connectivity index (χ1n) is 4.91. The summed E-state index contributed by atoms with van der Waals surface area (Å²) in [6.45, 7) is 0.738. The minimum Gasteiger partial charge on any atom is -0.479 e. The van der Waals surface area contributed by atoms with E-state index in [4.69, 9.17) is 14.9 Å². The van der Waals surface area contributed by atoms with Crippen molar-refractivity contribution < 1.29 is 24.5 Å². The molecule has 0 aliphatic carbocycles. The highest BCUT2D eigenvalue weighted by molar-refractivity contribution is 5.81. The molecule has 0 saturated carbocycles. The summed E-state index contributed by atoms with van der Waals surface area (Å²) in [5.41, 5.74) is 0. The maximum Gasteiger partial charge on any atom is 0.332 e. The molecule has 6 nitrogen and oxygen atoms in total. The van der Waals surface area contributed by atoms with E-state index in [9.17, 15) is 9.59 Å². The molecule has 1 unspecified atom stereocenters. The van der Waals surface area contributed by atoms with E-state index in [2.05, 4.69) is 5.32 Å². The lowest BCUT2D eigenvalue weighted by Crippen LogP contribution is -2.36. The second-order valence-corrected chi connectivity index (χ2v) is 3.44. The van der Waals surface area contributed by atoms with Crippen LogP contribution in [0, 0.1) is 0 Å². The lowest BCUT2D eigenvalue weighted by atomic mass is 10.2. The average Bonchev–Trinajstić information content (AvgIpc) is 2.70. The molecule has 1 aliphatic heterocycles. The Morgan fingerprint density at radius 3 is 2.80 bits per heavy atom. The number of aliphatic hydroxyl groups is 1. The number of hydrogen-bond donors (Lipinski definition) is 3. The molecule has 1 amide bonds. The van der Waals surface area contributed by atoms with Crippen molar-refractivity contribution in [3.8, 4) is 0 Å². The number of rotatable bonds is 5. The zero-order chi connectivity index (χ0) is 11.3. The fourth-order valence-electron chi connectivity index (χ4n) is 1.35. The van der Waals surface area contributed by atoms with Gasteiger partial charge in [0.25, 0.3) is 0 Å². The fourth-order valence-corrected chi connectivity index (χ4v) is 1.35. The number of nitrogens with one attached hydrogen (secondary N) is 1. The van der Waals surface area contributed by atoms with Gasteiger partial charge in [-0.2, -0.15) is 0 Å². The fraction of sp³-hybridized carbons (Fsp3) is 0.778. The van der Waals surface area contributed by atoms with Gasteiger partial charge in [-0.05, 0) is 12.8 Å². The Labute approximate surface area is 87.2 Å². The van der Waals surface area contributed by atoms with Crippen LogP contribution in [-0.4, -0.2) is 47.4 Å². The molecule has 86 valence electrons. The van der Waals surface area contributed by atoms with E-state index in [1.54, 1.807) is 0 Å². The largest absolute Gasteiger partial charge is 0.479 e. The summed E-state index contributed by atoms with van der Waals surface area (Å²) in [6, 6.07) is 0. The van der Waals surface area contributed by atoms with Crippen LogP contribution in [0.2, 0.25) is 0 Å². The number of carbonyl (C=O) groups excluding carboxylic acids is 1. The second kappa shape index (κ2) is 5.67. The van der Waals surface area contributed by atoms with E-state index in [1.165, 1.54) is 0 Å². The number of carboxylic acids is 1. The van der Waals surface area contributed by atoms with Crippen molar-refractivity contribution in [1.82, 2.24) is 5.32 Å². The van der Waals surface area contributed by atoms with Crippen LogP contribution in [0.15, 0.2) is 0 Å². The molecule has 0 aromatic carbocycles. The number of carboxylic acid groups (broad SMARTS) is 1. The van der Waals surface area contributed by atoms with Crippen molar-refractivity contribution in [3.05, 3.63) is 0 Å². The Morgan fingerprint density at radius 2 is 2.27 bits per heavy atom. The van der Waals surface area contributed by atoms with Gasteiger partial charge in [0.05, 0.1) is 0 Å². The maximum absolute atomic E-state index is 11.3. The normalized spacial score (nSPS) is 22.3. The van der Waals surface area contributed by atoms with E-state index in [0.717, 1.165) is 6.42 Å². The molecule has 0 spiro atoms. The molecule has 15 heavy (non-hydrogen) atoms. The van der Waals surface area contributed by atoms with Crippen molar-refractivity contribution in [3.63, 3.8) is 0 Å². The summed E-state index contributed by atoms with van der Waals surface area (Å²) in [6.07, 6.45) is -0.251. The Balaban J connectivity index is 2.14. The SMILES string of the molecule is O=C(NCC[C@H](O)C(=O)O)C1CCCO1. The first-order valence-corrected chi connectivity index (χ1v) is 4.91. The van der Waals surface area contributed by atoms with Gasteiger partial charge in [0, 0.05) is 19.6 Å². The molecular formula is C9H15NO5. The lowest BCUT2D eigenvalue weighted by Gasteiger charge is -2.11. The number of carbonyl (C=O) groups is 2. The van der Waals surface area contributed by atoms with Gasteiger partial charge in [0.1, 0.15) is 6.10 Å². The van der Waals surface area contributed by atoms with Crippen LogP contribution < -0.4 is 5.32 Å². The minimum absolute atomic E-state index is 0.00773. The third-order valence-corrected chi connectivity index (χ3v) is 2.22. The molecular weight excluding hydrogens is 202 g/mol.